The first-order chi connectivity index (χ1) is 19.5. The van der Waals surface area contributed by atoms with Gasteiger partial charge in [-0.3, -0.25) is 0 Å². The van der Waals surface area contributed by atoms with Gasteiger partial charge in [0.2, 0.25) is 0 Å². The maximum atomic E-state index is 13.1. The summed E-state index contributed by atoms with van der Waals surface area (Å²) >= 11 is 0. The van der Waals surface area contributed by atoms with Crippen molar-refractivity contribution in [3.63, 3.8) is 0 Å². The molecule has 1 heterocycles. The molecule has 216 valence electrons. The van der Waals surface area contributed by atoms with E-state index < -0.39 is 23.9 Å². The molecule has 1 N–H and O–H groups in total. The van der Waals surface area contributed by atoms with E-state index in [1.54, 1.807) is 51.1 Å². The van der Waals surface area contributed by atoms with E-state index in [1.165, 1.54) is 0 Å². The van der Waals surface area contributed by atoms with Gasteiger partial charge in [0.15, 0.2) is 6.29 Å². The van der Waals surface area contributed by atoms with Crippen molar-refractivity contribution in [3.8, 4) is 16.9 Å². The molecule has 41 heavy (non-hydrogen) atoms. The Hall–Kier alpha value is -4.27. The maximum absolute atomic E-state index is 13.1. The fourth-order valence-electron chi connectivity index (χ4n) is 3.97. The van der Waals surface area contributed by atoms with E-state index in [0.29, 0.717) is 65.9 Å². The summed E-state index contributed by atoms with van der Waals surface area (Å²) in [5.74, 6) is -0.618. The van der Waals surface area contributed by atoms with Crippen molar-refractivity contribution in [2.24, 2.45) is 0 Å². The molecule has 0 aliphatic rings. The Bertz CT molecular complexity index is 1510. The number of carbonyl (C=O) groups is 2. The molecule has 0 amide bonds. The van der Waals surface area contributed by atoms with E-state index in [1.807, 2.05) is 12.1 Å². The van der Waals surface area contributed by atoms with Crippen LogP contribution in [-0.2, 0) is 31.9 Å². The van der Waals surface area contributed by atoms with E-state index in [2.05, 4.69) is 19.7 Å². The Kier molecular flexibility index (Phi) is 11.0. The fourth-order valence-corrected chi connectivity index (χ4v) is 3.97. The second-order valence-electron chi connectivity index (χ2n) is 10.0. The van der Waals surface area contributed by atoms with Crippen molar-refractivity contribution in [1.29, 1.82) is 0 Å². The number of esters is 2. The number of fused-ring (bicyclic) bond motifs is 1. The molecule has 1 unspecified atom stereocenters. The Morgan fingerprint density at radius 1 is 0.902 bits per heavy atom. The van der Waals surface area contributed by atoms with Gasteiger partial charge in [-0.15, -0.1) is 0 Å². The summed E-state index contributed by atoms with van der Waals surface area (Å²) in [7, 11) is 0. The summed E-state index contributed by atoms with van der Waals surface area (Å²) in [5, 5.41) is 10.6. The van der Waals surface area contributed by atoms with Crippen molar-refractivity contribution in [2.75, 3.05) is 13.2 Å². The van der Waals surface area contributed by atoms with Crippen LogP contribution in [0.3, 0.4) is 0 Å². The van der Waals surface area contributed by atoms with Crippen LogP contribution in [0.5, 0.6) is 5.75 Å². The number of hydrogen-bond donors (Lipinski definition) is 1. The Morgan fingerprint density at radius 3 is 2.20 bits per heavy atom. The van der Waals surface area contributed by atoms with Crippen molar-refractivity contribution >= 4 is 22.9 Å². The molecule has 1 aromatic heterocycles. The zero-order valence-electron chi connectivity index (χ0n) is 23.8. The molecule has 0 spiro atoms. The number of aryl methyl sites for hydroxylation is 2. The zero-order chi connectivity index (χ0) is 30.1. The number of aliphatic hydroxyl groups excluding tert-OH is 1. The molecule has 0 radical (unpaired) electrons. The van der Waals surface area contributed by atoms with Crippen molar-refractivity contribution in [3.05, 3.63) is 100 Å². The predicted octanol–water partition coefficient (Wildman–Crippen LogP) is 5.84. The standard InChI is InChI=1S/C33H36O8/c1-20(2)30(34)38-15-7-9-23-17-25(10-8-16-39-31(35)21(3)4)29-26(18-23)19-28(33(37)41-29)24-11-13-27(14-12-24)40-32(36)22(5)6/h11-14,17-19,31,35H,1,3,5,7-10,15-16H2,2,4,6H3. The van der Waals surface area contributed by atoms with Gasteiger partial charge >= 0.3 is 17.6 Å². The minimum absolute atomic E-state index is 0.253. The number of rotatable bonds is 14. The molecular formula is C33H36O8. The van der Waals surface area contributed by atoms with Gasteiger partial charge in [-0.05, 0) is 93.0 Å². The lowest BCUT2D eigenvalue weighted by molar-refractivity contribution is -0.139. The monoisotopic (exact) mass is 560 g/mol. The van der Waals surface area contributed by atoms with E-state index in [0.717, 1.165) is 16.5 Å². The zero-order valence-corrected chi connectivity index (χ0v) is 23.8. The molecule has 0 fully saturated rings. The first kappa shape index (κ1) is 31.3. The molecule has 1 atom stereocenters. The van der Waals surface area contributed by atoms with Gasteiger partial charge in [0.05, 0.1) is 18.8 Å². The topological polar surface area (TPSA) is 112 Å². The summed E-state index contributed by atoms with van der Waals surface area (Å²) in [4.78, 5) is 36.6. The molecule has 0 saturated heterocycles. The third-order valence-corrected chi connectivity index (χ3v) is 6.17. The number of carbonyl (C=O) groups excluding carboxylic acids is 2. The maximum Gasteiger partial charge on any atom is 0.344 e. The number of benzene rings is 2. The van der Waals surface area contributed by atoms with Crippen LogP contribution in [0, 0.1) is 0 Å². The van der Waals surface area contributed by atoms with Gasteiger partial charge in [-0.1, -0.05) is 37.9 Å². The average Bonchev–Trinajstić information content (AvgIpc) is 2.93. The Labute approximate surface area is 239 Å². The molecule has 0 aliphatic heterocycles. The van der Waals surface area contributed by atoms with E-state index in [4.69, 9.17) is 18.6 Å². The molecule has 0 bridgehead atoms. The first-order valence-electron chi connectivity index (χ1n) is 13.3. The van der Waals surface area contributed by atoms with Gasteiger partial charge < -0.3 is 23.7 Å². The lowest BCUT2D eigenvalue weighted by atomic mass is 9.98. The number of aliphatic hydroxyl groups is 1. The Morgan fingerprint density at radius 2 is 1.56 bits per heavy atom. The molecular weight excluding hydrogens is 524 g/mol. The molecule has 3 rings (SSSR count). The van der Waals surface area contributed by atoms with Crippen LogP contribution in [0.4, 0.5) is 0 Å². The molecule has 0 saturated carbocycles. The first-order valence-corrected chi connectivity index (χ1v) is 13.3. The summed E-state index contributed by atoms with van der Waals surface area (Å²) in [5.41, 5.74) is 3.91. The minimum atomic E-state index is -1.03. The molecule has 2 aromatic carbocycles. The highest BCUT2D eigenvalue weighted by Crippen LogP contribution is 2.28. The summed E-state index contributed by atoms with van der Waals surface area (Å²) in [6.45, 7) is 16.2. The van der Waals surface area contributed by atoms with Gasteiger partial charge in [-0.2, -0.15) is 0 Å². The Balaban J connectivity index is 1.88. The van der Waals surface area contributed by atoms with E-state index >= 15 is 0 Å². The van der Waals surface area contributed by atoms with Gasteiger partial charge in [0, 0.05) is 16.5 Å². The SMILES string of the molecule is C=C(C)C(=O)OCCCc1cc(CCCOC(O)C(=C)C)c2oc(=O)c(-c3ccc(OC(=O)C(=C)C)cc3)cc2c1. The second kappa shape index (κ2) is 14.4. The molecule has 0 aliphatic carbocycles. The summed E-state index contributed by atoms with van der Waals surface area (Å²) in [6, 6.07) is 12.3. The van der Waals surface area contributed by atoms with Crippen LogP contribution in [0.1, 0.15) is 44.7 Å². The highest BCUT2D eigenvalue weighted by molar-refractivity contribution is 5.89. The predicted molar refractivity (Wildman–Crippen MR) is 158 cm³/mol. The normalized spacial score (nSPS) is 11.6. The van der Waals surface area contributed by atoms with Crippen LogP contribution >= 0.6 is 0 Å². The molecule has 8 nitrogen and oxygen atoms in total. The van der Waals surface area contributed by atoms with Crippen molar-refractivity contribution in [1.82, 2.24) is 0 Å². The van der Waals surface area contributed by atoms with Gasteiger partial charge in [0.1, 0.15) is 11.3 Å². The van der Waals surface area contributed by atoms with Crippen LogP contribution in [0.25, 0.3) is 22.1 Å². The van der Waals surface area contributed by atoms with E-state index in [-0.39, 0.29) is 12.2 Å². The van der Waals surface area contributed by atoms with Crippen LogP contribution in [0.2, 0.25) is 0 Å². The third-order valence-electron chi connectivity index (χ3n) is 6.17. The fraction of sp³-hybridized carbons (Fsp3) is 0.303. The second-order valence-corrected chi connectivity index (χ2v) is 10.0. The van der Waals surface area contributed by atoms with Crippen molar-refractivity contribution in [2.45, 2.75) is 52.7 Å². The van der Waals surface area contributed by atoms with Gasteiger partial charge in [0.25, 0.3) is 0 Å². The number of ether oxygens (including phenoxy) is 3. The third kappa shape index (κ3) is 8.86. The van der Waals surface area contributed by atoms with E-state index in [9.17, 15) is 19.5 Å². The highest BCUT2D eigenvalue weighted by Gasteiger charge is 2.14. The van der Waals surface area contributed by atoms with Crippen molar-refractivity contribution < 1.29 is 33.3 Å². The van der Waals surface area contributed by atoms with Gasteiger partial charge in [-0.25, -0.2) is 14.4 Å². The van der Waals surface area contributed by atoms with Crippen LogP contribution in [-0.4, -0.2) is 36.5 Å². The highest BCUT2D eigenvalue weighted by atomic mass is 16.6. The van der Waals surface area contributed by atoms with Crippen LogP contribution in [0.15, 0.2) is 88.1 Å². The molecule has 8 heteroatoms. The molecule has 3 aromatic rings. The number of hydrogen-bond acceptors (Lipinski definition) is 8. The van der Waals surface area contributed by atoms with Crippen LogP contribution < -0.4 is 10.4 Å². The largest absolute Gasteiger partial charge is 0.462 e. The summed E-state index contributed by atoms with van der Waals surface area (Å²) in [6.07, 6.45) is 1.33. The summed E-state index contributed by atoms with van der Waals surface area (Å²) < 4.78 is 21.7. The quantitative estimate of drug-likeness (QED) is 0.0498. The average molecular weight is 561 g/mol. The lowest BCUT2D eigenvalue weighted by Gasteiger charge is -2.13. The smallest absolute Gasteiger partial charge is 0.344 e. The lowest BCUT2D eigenvalue weighted by Crippen LogP contribution is -2.13. The minimum Gasteiger partial charge on any atom is -0.462 e.